The lowest BCUT2D eigenvalue weighted by Crippen LogP contribution is -2.11. The highest BCUT2D eigenvalue weighted by Crippen LogP contribution is 2.32. The number of aromatic nitrogens is 3. The number of hydrogen-bond donors (Lipinski definition) is 2. The van der Waals surface area contributed by atoms with E-state index in [1.807, 2.05) is 29.6 Å². The van der Waals surface area contributed by atoms with Gasteiger partial charge in [0.2, 0.25) is 0 Å². The smallest absolute Gasteiger partial charge is 0.269 e. The Morgan fingerprint density at radius 2 is 1.88 bits per heavy atom. The molecule has 0 saturated carbocycles. The number of nitro groups is 1. The second kappa shape index (κ2) is 8.89. The SMILES string of the molecule is Nc1ccc(-c2cccs2)cc1NC(=O)c1ccc(-c2cn(-c3ccc([N+](=O)[O-])cc3)nn2)s1. The van der Waals surface area contributed by atoms with Crippen LogP contribution < -0.4 is 11.1 Å². The molecule has 0 aliphatic carbocycles. The number of nitro benzene ring substituents is 1. The fourth-order valence-corrected chi connectivity index (χ4v) is 4.85. The quantitative estimate of drug-likeness (QED) is 0.185. The molecule has 5 aromatic rings. The van der Waals surface area contributed by atoms with Crippen molar-refractivity contribution >= 4 is 45.6 Å². The summed E-state index contributed by atoms with van der Waals surface area (Å²) in [5, 5.41) is 24.0. The lowest BCUT2D eigenvalue weighted by molar-refractivity contribution is -0.384. The van der Waals surface area contributed by atoms with Gasteiger partial charge in [0.15, 0.2) is 0 Å². The number of nitrogen functional groups attached to an aromatic ring is 1. The van der Waals surface area contributed by atoms with Crippen LogP contribution in [0.4, 0.5) is 17.1 Å². The summed E-state index contributed by atoms with van der Waals surface area (Å²) in [7, 11) is 0. The number of carbonyl (C=O) groups excluding carboxylic acids is 1. The number of nitrogens with one attached hydrogen (secondary N) is 1. The normalized spacial score (nSPS) is 10.8. The first-order valence-corrected chi connectivity index (χ1v) is 11.7. The first-order valence-electron chi connectivity index (χ1n) is 10.00. The van der Waals surface area contributed by atoms with Gasteiger partial charge in [0.25, 0.3) is 11.6 Å². The van der Waals surface area contributed by atoms with E-state index in [9.17, 15) is 14.9 Å². The Labute approximate surface area is 201 Å². The molecule has 2 aromatic carbocycles. The molecule has 5 rings (SSSR count). The third-order valence-corrected chi connectivity index (χ3v) is 7.03. The van der Waals surface area contributed by atoms with Crippen LogP contribution in [0.25, 0.3) is 26.7 Å². The van der Waals surface area contributed by atoms with Crippen molar-refractivity contribution in [3.05, 3.63) is 93.3 Å². The van der Waals surface area contributed by atoms with Crippen LogP contribution in [0, 0.1) is 10.1 Å². The fourth-order valence-electron chi connectivity index (χ4n) is 3.27. The zero-order chi connectivity index (χ0) is 23.7. The van der Waals surface area contributed by atoms with E-state index in [0.717, 1.165) is 15.3 Å². The summed E-state index contributed by atoms with van der Waals surface area (Å²) in [5.41, 5.74) is 9.32. The maximum atomic E-state index is 12.9. The second-order valence-corrected chi connectivity index (χ2v) is 9.25. The molecule has 0 unspecified atom stereocenters. The molecular formula is C23H16N6O3S2. The molecule has 0 aliphatic heterocycles. The van der Waals surface area contributed by atoms with Crippen molar-refractivity contribution in [2.75, 3.05) is 11.1 Å². The lowest BCUT2D eigenvalue weighted by Gasteiger charge is -2.09. The van der Waals surface area contributed by atoms with Gasteiger partial charge in [-0.25, -0.2) is 4.68 Å². The summed E-state index contributed by atoms with van der Waals surface area (Å²) in [6.45, 7) is 0. The number of carbonyl (C=O) groups is 1. The summed E-state index contributed by atoms with van der Waals surface area (Å²) < 4.78 is 1.52. The summed E-state index contributed by atoms with van der Waals surface area (Å²) in [4.78, 5) is 25.6. The first-order chi connectivity index (χ1) is 16.5. The number of anilines is 2. The van der Waals surface area contributed by atoms with Crippen LogP contribution in [-0.4, -0.2) is 25.8 Å². The van der Waals surface area contributed by atoms with E-state index < -0.39 is 4.92 Å². The van der Waals surface area contributed by atoms with Gasteiger partial charge in [0.1, 0.15) is 5.69 Å². The Morgan fingerprint density at radius 1 is 1.06 bits per heavy atom. The van der Waals surface area contributed by atoms with Gasteiger partial charge in [0.05, 0.1) is 37.9 Å². The maximum absolute atomic E-state index is 12.9. The monoisotopic (exact) mass is 488 g/mol. The predicted octanol–water partition coefficient (Wildman–Crippen LogP) is 5.47. The third kappa shape index (κ3) is 4.29. The van der Waals surface area contributed by atoms with Crippen LogP contribution in [0.2, 0.25) is 0 Å². The van der Waals surface area contributed by atoms with E-state index in [-0.39, 0.29) is 11.6 Å². The van der Waals surface area contributed by atoms with Crippen LogP contribution in [-0.2, 0) is 0 Å². The van der Waals surface area contributed by atoms with Gasteiger partial charge in [-0.1, -0.05) is 17.3 Å². The Morgan fingerprint density at radius 3 is 2.62 bits per heavy atom. The molecule has 3 aromatic heterocycles. The van der Waals surface area contributed by atoms with Crippen LogP contribution >= 0.6 is 22.7 Å². The van der Waals surface area contributed by atoms with Crippen LogP contribution in [0.5, 0.6) is 0 Å². The molecule has 0 spiro atoms. The van der Waals surface area contributed by atoms with E-state index in [2.05, 4.69) is 15.6 Å². The highest BCUT2D eigenvalue weighted by atomic mass is 32.1. The molecule has 1 amide bonds. The number of non-ortho nitro benzene ring substituents is 1. The minimum atomic E-state index is -0.458. The number of hydrogen-bond acceptors (Lipinski definition) is 8. The summed E-state index contributed by atoms with van der Waals surface area (Å²) in [5.74, 6) is -0.269. The Hall–Kier alpha value is -4.35. The molecular weight excluding hydrogens is 472 g/mol. The van der Waals surface area contributed by atoms with Crippen molar-refractivity contribution in [1.82, 2.24) is 15.0 Å². The summed E-state index contributed by atoms with van der Waals surface area (Å²) >= 11 is 2.89. The molecule has 3 N–H and O–H groups in total. The summed E-state index contributed by atoms with van der Waals surface area (Å²) in [6, 6.07) is 19.1. The Bertz CT molecular complexity index is 1490. The number of thiophene rings is 2. The van der Waals surface area contributed by atoms with E-state index in [4.69, 9.17) is 5.73 Å². The lowest BCUT2D eigenvalue weighted by atomic mass is 10.1. The standard InChI is InChI=1S/C23H16N6O3S2/c24-17-8-3-14(20-2-1-11-33-20)12-18(17)25-23(30)22-10-9-21(34-22)19-13-28(27-26-19)15-4-6-16(7-5-15)29(31)32/h1-13H,24H2,(H,25,30). The number of rotatable bonds is 6. The van der Waals surface area contributed by atoms with Crippen molar-refractivity contribution in [3.63, 3.8) is 0 Å². The van der Waals surface area contributed by atoms with Gasteiger partial charge in [-0.2, -0.15) is 0 Å². The van der Waals surface area contributed by atoms with E-state index in [1.54, 1.807) is 47.9 Å². The minimum Gasteiger partial charge on any atom is -0.397 e. The zero-order valence-electron chi connectivity index (χ0n) is 17.4. The maximum Gasteiger partial charge on any atom is 0.269 e. The van der Waals surface area contributed by atoms with Crippen molar-refractivity contribution in [1.29, 1.82) is 0 Å². The molecule has 0 bridgehead atoms. The molecule has 34 heavy (non-hydrogen) atoms. The molecule has 11 heteroatoms. The van der Waals surface area contributed by atoms with Gasteiger partial charge >= 0.3 is 0 Å². The zero-order valence-corrected chi connectivity index (χ0v) is 19.0. The largest absolute Gasteiger partial charge is 0.397 e. The van der Waals surface area contributed by atoms with Crippen molar-refractivity contribution in [2.24, 2.45) is 0 Å². The average Bonchev–Trinajstić information content (AvgIpc) is 3.62. The highest BCUT2D eigenvalue weighted by Gasteiger charge is 2.15. The van der Waals surface area contributed by atoms with Gasteiger partial charge in [-0.3, -0.25) is 14.9 Å². The van der Waals surface area contributed by atoms with E-state index in [0.29, 0.717) is 27.6 Å². The minimum absolute atomic E-state index is 0.000406. The molecule has 168 valence electrons. The van der Waals surface area contributed by atoms with Gasteiger partial charge in [-0.05, 0) is 53.4 Å². The first kappa shape index (κ1) is 21.5. The Balaban J connectivity index is 1.33. The fraction of sp³-hybridized carbons (Fsp3) is 0. The highest BCUT2D eigenvalue weighted by molar-refractivity contribution is 7.17. The molecule has 0 radical (unpaired) electrons. The molecule has 0 fully saturated rings. The number of nitrogens with two attached hydrogens (primary N) is 1. The van der Waals surface area contributed by atoms with Gasteiger partial charge in [-0.15, -0.1) is 27.8 Å². The topological polar surface area (TPSA) is 129 Å². The van der Waals surface area contributed by atoms with E-state index in [1.165, 1.54) is 28.2 Å². The molecule has 0 saturated heterocycles. The number of nitrogens with zero attached hydrogens (tertiary/aromatic N) is 4. The average molecular weight is 489 g/mol. The summed E-state index contributed by atoms with van der Waals surface area (Å²) in [6.07, 6.45) is 1.71. The molecule has 0 aliphatic rings. The second-order valence-electron chi connectivity index (χ2n) is 7.22. The molecule has 0 atom stereocenters. The van der Waals surface area contributed by atoms with Crippen LogP contribution in [0.15, 0.2) is 78.3 Å². The van der Waals surface area contributed by atoms with Crippen molar-refractivity contribution < 1.29 is 9.72 Å². The van der Waals surface area contributed by atoms with Gasteiger partial charge < -0.3 is 11.1 Å². The van der Waals surface area contributed by atoms with Gasteiger partial charge in [0, 0.05) is 17.0 Å². The van der Waals surface area contributed by atoms with Crippen LogP contribution in [0.1, 0.15) is 9.67 Å². The van der Waals surface area contributed by atoms with E-state index >= 15 is 0 Å². The number of benzene rings is 2. The predicted molar refractivity (Wildman–Crippen MR) is 133 cm³/mol. The van der Waals surface area contributed by atoms with Crippen LogP contribution in [0.3, 0.4) is 0 Å². The van der Waals surface area contributed by atoms with Crippen molar-refractivity contribution in [3.8, 4) is 26.7 Å². The Kier molecular flexibility index (Phi) is 5.62. The molecule has 9 nitrogen and oxygen atoms in total. The third-order valence-electron chi connectivity index (χ3n) is 5.01. The van der Waals surface area contributed by atoms with Crippen molar-refractivity contribution in [2.45, 2.75) is 0 Å². The number of amides is 1. The molecule has 3 heterocycles.